The summed E-state index contributed by atoms with van der Waals surface area (Å²) in [5, 5.41) is 1.10. The largest absolute Gasteiger partial charge is 0.351 e. The van der Waals surface area contributed by atoms with Gasteiger partial charge >= 0.3 is 0 Å². The molecule has 2 aromatic carbocycles. The summed E-state index contributed by atoms with van der Waals surface area (Å²) in [4.78, 5) is 18.4. The SMILES string of the molecule is Cc1ccc(C[C@@H]2CCCN2C(=O)c2cc3ccc(C)cc3[nH]2)cc1. The Hall–Kier alpha value is -2.55. The third kappa shape index (κ3) is 3.19. The van der Waals surface area contributed by atoms with Crippen LogP contribution in [0.4, 0.5) is 0 Å². The summed E-state index contributed by atoms with van der Waals surface area (Å²) in [5.41, 5.74) is 5.53. The standard InChI is InChI=1S/C22H24N2O/c1-15-5-8-17(9-6-15)13-19-4-3-11-24(19)22(25)21-14-18-10-7-16(2)12-20(18)23-21/h5-10,12,14,19,23H,3-4,11,13H2,1-2H3/t19-/m0/s1. The summed E-state index contributed by atoms with van der Waals surface area (Å²) in [6.45, 7) is 5.02. The van der Waals surface area contributed by atoms with E-state index in [4.69, 9.17) is 0 Å². The number of hydrogen-bond acceptors (Lipinski definition) is 1. The van der Waals surface area contributed by atoms with Gasteiger partial charge in [-0.25, -0.2) is 0 Å². The van der Waals surface area contributed by atoms with Crippen LogP contribution >= 0.6 is 0 Å². The molecule has 3 aromatic rings. The number of nitrogens with zero attached hydrogens (tertiary/aromatic N) is 1. The number of hydrogen-bond donors (Lipinski definition) is 1. The highest BCUT2D eigenvalue weighted by molar-refractivity contribution is 5.98. The normalized spacial score (nSPS) is 17.4. The number of carbonyl (C=O) groups excluding carboxylic acids is 1. The van der Waals surface area contributed by atoms with Crippen molar-refractivity contribution in [2.24, 2.45) is 0 Å². The molecule has 0 radical (unpaired) electrons. The van der Waals surface area contributed by atoms with Crippen LogP contribution in [0.2, 0.25) is 0 Å². The second kappa shape index (κ2) is 6.40. The van der Waals surface area contributed by atoms with E-state index in [1.165, 1.54) is 16.7 Å². The molecule has 3 heteroatoms. The van der Waals surface area contributed by atoms with Crippen molar-refractivity contribution in [3.63, 3.8) is 0 Å². The van der Waals surface area contributed by atoms with Gasteiger partial charge < -0.3 is 9.88 Å². The average molecular weight is 332 g/mol. The van der Waals surface area contributed by atoms with Gasteiger partial charge in [-0.05, 0) is 56.4 Å². The first kappa shape index (κ1) is 15.9. The molecule has 0 bridgehead atoms. The highest BCUT2D eigenvalue weighted by atomic mass is 16.2. The Morgan fingerprint density at radius 1 is 1.08 bits per heavy atom. The molecule has 1 amide bonds. The summed E-state index contributed by atoms with van der Waals surface area (Å²) < 4.78 is 0. The van der Waals surface area contributed by atoms with Crippen molar-refractivity contribution in [2.75, 3.05) is 6.54 Å². The molecule has 1 saturated heterocycles. The lowest BCUT2D eigenvalue weighted by Gasteiger charge is -2.24. The summed E-state index contributed by atoms with van der Waals surface area (Å²) in [5.74, 6) is 0.128. The molecule has 1 aliphatic rings. The fraction of sp³-hybridized carbons (Fsp3) is 0.318. The van der Waals surface area contributed by atoms with Crippen molar-refractivity contribution in [3.8, 4) is 0 Å². The number of H-pyrrole nitrogens is 1. The molecular weight excluding hydrogens is 308 g/mol. The second-order valence-corrected chi connectivity index (χ2v) is 7.26. The number of benzene rings is 2. The molecule has 0 saturated carbocycles. The third-order valence-electron chi connectivity index (χ3n) is 5.24. The predicted octanol–water partition coefficient (Wildman–Crippen LogP) is 4.63. The molecule has 25 heavy (non-hydrogen) atoms. The van der Waals surface area contributed by atoms with E-state index in [9.17, 15) is 4.79 Å². The van der Waals surface area contributed by atoms with Gasteiger partial charge in [0.05, 0.1) is 0 Å². The maximum absolute atomic E-state index is 13.1. The van der Waals surface area contributed by atoms with E-state index >= 15 is 0 Å². The number of aromatic amines is 1. The number of fused-ring (bicyclic) bond motifs is 1. The maximum Gasteiger partial charge on any atom is 0.270 e. The molecule has 4 rings (SSSR count). The minimum atomic E-state index is 0.128. The van der Waals surface area contributed by atoms with Crippen LogP contribution in [0.1, 0.15) is 40.0 Å². The Balaban J connectivity index is 1.55. The van der Waals surface area contributed by atoms with Crippen molar-refractivity contribution in [3.05, 3.63) is 70.9 Å². The number of aryl methyl sites for hydroxylation is 2. The highest BCUT2D eigenvalue weighted by Crippen LogP contribution is 2.25. The average Bonchev–Trinajstić information content (AvgIpc) is 3.22. The zero-order valence-corrected chi connectivity index (χ0v) is 14.9. The van der Waals surface area contributed by atoms with Crippen LogP contribution in [0.15, 0.2) is 48.5 Å². The lowest BCUT2D eigenvalue weighted by Crippen LogP contribution is -2.37. The van der Waals surface area contributed by atoms with Crippen LogP contribution in [0.5, 0.6) is 0 Å². The van der Waals surface area contributed by atoms with Crippen LogP contribution in [0.25, 0.3) is 10.9 Å². The Morgan fingerprint density at radius 2 is 1.84 bits per heavy atom. The van der Waals surface area contributed by atoms with Gasteiger partial charge in [0, 0.05) is 23.5 Å². The molecular formula is C22H24N2O. The van der Waals surface area contributed by atoms with Gasteiger partial charge in [-0.1, -0.05) is 42.0 Å². The fourth-order valence-corrected chi connectivity index (χ4v) is 3.82. The third-order valence-corrected chi connectivity index (χ3v) is 5.24. The van der Waals surface area contributed by atoms with Crippen molar-refractivity contribution >= 4 is 16.8 Å². The quantitative estimate of drug-likeness (QED) is 0.746. The first-order valence-electron chi connectivity index (χ1n) is 9.06. The molecule has 0 spiro atoms. The number of likely N-dealkylation sites (tertiary alicyclic amines) is 1. The molecule has 0 unspecified atom stereocenters. The minimum absolute atomic E-state index is 0.128. The Labute approximate surface area is 148 Å². The van der Waals surface area contributed by atoms with E-state index in [2.05, 4.69) is 66.2 Å². The Bertz CT molecular complexity index is 907. The van der Waals surface area contributed by atoms with E-state index in [1.54, 1.807) is 0 Å². The van der Waals surface area contributed by atoms with Crippen molar-refractivity contribution < 1.29 is 4.79 Å². The van der Waals surface area contributed by atoms with Crippen molar-refractivity contribution in [1.29, 1.82) is 0 Å². The number of carbonyl (C=O) groups is 1. The van der Waals surface area contributed by atoms with Gasteiger partial charge in [-0.15, -0.1) is 0 Å². The molecule has 2 heterocycles. The molecule has 3 nitrogen and oxygen atoms in total. The number of nitrogens with one attached hydrogen (secondary N) is 1. The van der Waals surface area contributed by atoms with Crippen LogP contribution in [-0.2, 0) is 6.42 Å². The van der Waals surface area contributed by atoms with Crippen LogP contribution in [-0.4, -0.2) is 28.4 Å². The maximum atomic E-state index is 13.1. The van der Waals surface area contributed by atoms with Crippen LogP contribution < -0.4 is 0 Å². The number of amides is 1. The molecule has 1 aromatic heterocycles. The van der Waals surface area contributed by atoms with Crippen molar-refractivity contribution in [1.82, 2.24) is 9.88 Å². The molecule has 1 fully saturated rings. The van der Waals surface area contributed by atoms with E-state index in [0.29, 0.717) is 11.7 Å². The molecule has 1 atom stereocenters. The molecule has 1 aliphatic heterocycles. The van der Waals surface area contributed by atoms with Crippen LogP contribution in [0.3, 0.4) is 0 Å². The van der Waals surface area contributed by atoms with Gasteiger partial charge in [0.25, 0.3) is 5.91 Å². The zero-order valence-electron chi connectivity index (χ0n) is 14.9. The lowest BCUT2D eigenvalue weighted by molar-refractivity contribution is 0.0731. The van der Waals surface area contributed by atoms with Gasteiger partial charge in [-0.2, -0.15) is 0 Å². The summed E-state index contributed by atoms with van der Waals surface area (Å²) >= 11 is 0. The summed E-state index contributed by atoms with van der Waals surface area (Å²) in [7, 11) is 0. The summed E-state index contributed by atoms with van der Waals surface area (Å²) in [6, 6.07) is 17.2. The smallest absolute Gasteiger partial charge is 0.270 e. The van der Waals surface area contributed by atoms with E-state index in [0.717, 1.165) is 36.7 Å². The van der Waals surface area contributed by atoms with Crippen LogP contribution in [0, 0.1) is 13.8 Å². The van der Waals surface area contributed by atoms with Crippen molar-refractivity contribution in [2.45, 2.75) is 39.2 Å². The van der Waals surface area contributed by atoms with Gasteiger partial charge in [0.15, 0.2) is 0 Å². The van der Waals surface area contributed by atoms with Gasteiger partial charge in [-0.3, -0.25) is 4.79 Å². The minimum Gasteiger partial charge on any atom is -0.351 e. The van der Waals surface area contributed by atoms with Gasteiger partial charge in [0.2, 0.25) is 0 Å². The monoisotopic (exact) mass is 332 g/mol. The number of rotatable bonds is 3. The molecule has 128 valence electrons. The zero-order chi connectivity index (χ0) is 17.4. The highest BCUT2D eigenvalue weighted by Gasteiger charge is 2.30. The molecule has 0 aliphatic carbocycles. The Kier molecular flexibility index (Phi) is 4.08. The molecule has 1 N–H and O–H groups in total. The van der Waals surface area contributed by atoms with E-state index in [1.807, 2.05) is 6.07 Å². The fourth-order valence-electron chi connectivity index (χ4n) is 3.82. The first-order valence-corrected chi connectivity index (χ1v) is 9.06. The Morgan fingerprint density at radius 3 is 2.64 bits per heavy atom. The van der Waals surface area contributed by atoms with E-state index < -0.39 is 0 Å². The summed E-state index contributed by atoms with van der Waals surface area (Å²) in [6.07, 6.45) is 3.10. The predicted molar refractivity (Wildman–Crippen MR) is 102 cm³/mol. The van der Waals surface area contributed by atoms with E-state index in [-0.39, 0.29) is 5.91 Å². The first-order chi connectivity index (χ1) is 12.1. The van der Waals surface area contributed by atoms with Gasteiger partial charge in [0.1, 0.15) is 5.69 Å². The topological polar surface area (TPSA) is 36.1 Å². The second-order valence-electron chi connectivity index (χ2n) is 7.26. The lowest BCUT2D eigenvalue weighted by atomic mass is 10.0. The number of aromatic nitrogens is 1.